The molecule has 1 aromatic carbocycles. The van der Waals surface area contributed by atoms with Gasteiger partial charge in [0.05, 0.1) is 42.0 Å². The SMILES string of the molecule is C[C@@H]1C2OC([C@@H](O)[C@@](C)(O)[C@@H]3CC[C@@]45OCC#C[C@H](c6ccccc6)CO[C@H]6CC[C@@]7(C)[C@H](C6)C(=O)C=C4[C@H]7[C@H]4CCC[C@]35C4CC#C[C@@H]2O)[C@@H]1CO. The van der Waals surface area contributed by atoms with Gasteiger partial charge in [-0.05, 0) is 104 Å². The molecule has 5 aliphatic heterocycles. The Morgan fingerprint density at radius 2 is 1.79 bits per heavy atom. The molecule has 4 N–H and O–H groups in total. The highest BCUT2D eigenvalue weighted by Gasteiger charge is 2.77. The molecule has 5 heterocycles. The lowest BCUT2D eigenvalue weighted by atomic mass is 9.36. The number of ketones is 1. The zero-order valence-corrected chi connectivity index (χ0v) is 31.4. The molecule has 0 amide bonds. The molecule has 2 spiro atoms. The first-order valence-electron chi connectivity index (χ1n) is 20.4. The maximum Gasteiger partial charge on any atom is 0.159 e. The molecule has 53 heavy (non-hydrogen) atoms. The summed E-state index contributed by atoms with van der Waals surface area (Å²) in [5.41, 5.74) is -1.33. The number of hydrogen-bond donors (Lipinski definition) is 4. The molecule has 5 aliphatic carbocycles. The van der Waals surface area contributed by atoms with Crippen LogP contribution in [0, 0.1) is 75.9 Å². The standard InChI is InChI=1S/C45H56O8/c1-26-31(24-46)40-41(49)43(3,50)37-17-20-45-34-23-36(48)33-22-29(51-25-28(12-9-21-52-45)27-10-5-4-6-11-27)16-19-42(33,2)38(34)30-13-8-18-44(37,45)32(30)14-7-15-35(47)39(26)53-40/h4-6,10-11,23,26,28-33,35,37-41,46-47,49-50H,8,13-14,16-22,24-25H2,1-3H3/t26-,28-,29-,30-,31+,32?,33+,35-,37-,38+,39?,40?,41+,42-,43-,44-,45+/m0/s1. The van der Waals surface area contributed by atoms with Crippen molar-refractivity contribution in [3.63, 3.8) is 0 Å². The summed E-state index contributed by atoms with van der Waals surface area (Å²) in [4.78, 5) is 14.6. The normalized spacial score (nSPS) is 51.3. The summed E-state index contributed by atoms with van der Waals surface area (Å²) in [6, 6.07) is 10.2. The van der Waals surface area contributed by atoms with E-state index in [0.717, 1.165) is 43.2 Å². The lowest BCUT2D eigenvalue weighted by molar-refractivity contribution is -0.248. The monoisotopic (exact) mass is 724 g/mol. The van der Waals surface area contributed by atoms with Crippen LogP contribution in [0.1, 0.15) is 90.0 Å². The largest absolute Gasteiger partial charge is 0.396 e. The van der Waals surface area contributed by atoms with Crippen molar-refractivity contribution in [3.8, 4) is 23.7 Å². The van der Waals surface area contributed by atoms with Crippen LogP contribution in [0.2, 0.25) is 0 Å². The van der Waals surface area contributed by atoms with Gasteiger partial charge in [0.25, 0.3) is 0 Å². The molecule has 4 saturated carbocycles. The van der Waals surface area contributed by atoms with Gasteiger partial charge in [-0.25, -0.2) is 0 Å². The summed E-state index contributed by atoms with van der Waals surface area (Å²) in [5.74, 6) is 12.5. The molecule has 11 rings (SSSR count). The second-order valence-corrected chi connectivity index (χ2v) is 18.4. The summed E-state index contributed by atoms with van der Waals surface area (Å²) in [5, 5.41) is 47.3. The van der Waals surface area contributed by atoms with Crippen LogP contribution in [0.4, 0.5) is 0 Å². The molecule has 0 radical (unpaired) electrons. The molecule has 10 bridgehead atoms. The molecular formula is C45H56O8. The number of fused-ring (bicyclic) bond motifs is 4. The molecule has 17 atom stereocenters. The smallest absolute Gasteiger partial charge is 0.159 e. The summed E-state index contributed by atoms with van der Waals surface area (Å²) in [6.45, 7) is 6.38. The Morgan fingerprint density at radius 1 is 0.981 bits per heavy atom. The molecule has 8 heteroatoms. The Hall–Kier alpha value is -2.53. The number of carbonyl (C=O) groups excluding carboxylic acids is 1. The summed E-state index contributed by atoms with van der Waals surface area (Å²) in [7, 11) is 0. The molecule has 10 aliphatic rings. The molecule has 8 nitrogen and oxygen atoms in total. The highest BCUT2D eigenvalue weighted by atomic mass is 16.5. The van der Waals surface area contributed by atoms with E-state index in [1.807, 2.05) is 31.2 Å². The predicted octanol–water partition coefficient (Wildman–Crippen LogP) is 4.58. The van der Waals surface area contributed by atoms with E-state index in [0.29, 0.717) is 32.3 Å². The molecular weight excluding hydrogens is 668 g/mol. The molecule has 5 fully saturated rings. The number of carbonyl (C=O) groups is 1. The van der Waals surface area contributed by atoms with Crippen LogP contribution in [-0.2, 0) is 19.0 Å². The van der Waals surface area contributed by atoms with Gasteiger partial charge in [0.2, 0.25) is 0 Å². The van der Waals surface area contributed by atoms with Gasteiger partial charge in [-0.1, -0.05) is 68.4 Å². The molecule has 1 saturated heterocycles. The molecule has 1 aromatic rings. The first-order valence-corrected chi connectivity index (χ1v) is 20.4. The van der Waals surface area contributed by atoms with Crippen LogP contribution in [0.5, 0.6) is 0 Å². The third-order valence-corrected chi connectivity index (χ3v) is 16.4. The zero-order chi connectivity index (χ0) is 36.9. The van der Waals surface area contributed by atoms with Crippen molar-refractivity contribution >= 4 is 5.78 Å². The minimum atomic E-state index is -1.63. The third-order valence-electron chi connectivity index (χ3n) is 16.4. The van der Waals surface area contributed by atoms with Gasteiger partial charge in [-0.2, -0.15) is 0 Å². The van der Waals surface area contributed by atoms with Crippen molar-refractivity contribution in [3.05, 3.63) is 47.5 Å². The minimum absolute atomic E-state index is 0.00841. The van der Waals surface area contributed by atoms with E-state index in [2.05, 4.69) is 42.7 Å². The number of ether oxygens (including phenoxy) is 3. The molecule has 0 aromatic heterocycles. The van der Waals surface area contributed by atoms with Gasteiger partial charge in [0.1, 0.15) is 18.8 Å². The predicted molar refractivity (Wildman–Crippen MR) is 197 cm³/mol. The number of aliphatic hydroxyl groups excluding tert-OH is 3. The Bertz CT molecular complexity index is 1770. The zero-order valence-electron chi connectivity index (χ0n) is 31.4. The Morgan fingerprint density at radius 3 is 2.58 bits per heavy atom. The highest BCUT2D eigenvalue weighted by molar-refractivity contribution is 5.95. The highest BCUT2D eigenvalue weighted by Crippen LogP contribution is 2.77. The summed E-state index contributed by atoms with van der Waals surface area (Å²) < 4.78 is 20.4. The van der Waals surface area contributed by atoms with Crippen LogP contribution in [0.25, 0.3) is 0 Å². The van der Waals surface area contributed by atoms with Gasteiger partial charge < -0.3 is 34.6 Å². The first-order chi connectivity index (χ1) is 25.5. The van der Waals surface area contributed by atoms with E-state index in [9.17, 15) is 25.2 Å². The van der Waals surface area contributed by atoms with E-state index >= 15 is 0 Å². The van der Waals surface area contributed by atoms with Crippen molar-refractivity contribution in [1.29, 1.82) is 0 Å². The lowest BCUT2D eigenvalue weighted by Gasteiger charge is -2.69. The van der Waals surface area contributed by atoms with E-state index < -0.39 is 52.9 Å². The topological polar surface area (TPSA) is 126 Å². The van der Waals surface area contributed by atoms with Crippen molar-refractivity contribution in [2.75, 3.05) is 19.8 Å². The summed E-state index contributed by atoms with van der Waals surface area (Å²) in [6.07, 6.45) is 4.74. The van der Waals surface area contributed by atoms with E-state index in [4.69, 9.17) is 14.2 Å². The average Bonchev–Trinajstić information content (AvgIpc) is 3.66. The van der Waals surface area contributed by atoms with Gasteiger partial charge in [0, 0.05) is 30.3 Å². The lowest BCUT2D eigenvalue weighted by Crippen LogP contribution is -2.71. The quantitative estimate of drug-likeness (QED) is 0.327. The second kappa shape index (κ2) is 13.0. The molecule has 284 valence electrons. The van der Waals surface area contributed by atoms with Crippen LogP contribution in [0.15, 0.2) is 42.0 Å². The van der Waals surface area contributed by atoms with Gasteiger partial charge in [-0.15, -0.1) is 5.92 Å². The number of benzene rings is 1. The fraction of sp³-hybridized carbons (Fsp3) is 0.711. The van der Waals surface area contributed by atoms with E-state index in [1.54, 1.807) is 6.92 Å². The first kappa shape index (κ1) is 36.1. The Labute approximate surface area is 314 Å². The van der Waals surface area contributed by atoms with Gasteiger partial charge >= 0.3 is 0 Å². The number of hydrogen-bond acceptors (Lipinski definition) is 8. The van der Waals surface area contributed by atoms with Crippen molar-refractivity contribution in [1.82, 2.24) is 0 Å². The Balaban J connectivity index is 1.24. The number of aliphatic hydroxyl groups is 4. The number of allylic oxidation sites excluding steroid dienone is 1. The minimum Gasteiger partial charge on any atom is -0.396 e. The third kappa shape index (κ3) is 5.06. The fourth-order valence-electron chi connectivity index (χ4n) is 14.0. The van der Waals surface area contributed by atoms with Gasteiger partial charge in [-0.3, -0.25) is 4.79 Å². The van der Waals surface area contributed by atoms with Crippen LogP contribution in [-0.4, -0.2) is 87.8 Å². The van der Waals surface area contributed by atoms with Crippen molar-refractivity contribution in [2.24, 2.45) is 52.3 Å². The maximum absolute atomic E-state index is 14.6. The van der Waals surface area contributed by atoms with Gasteiger partial charge in [0.15, 0.2) is 5.78 Å². The number of rotatable bonds is 2. The van der Waals surface area contributed by atoms with E-state index in [-0.39, 0.29) is 66.0 Å². The van der Waals surface area contributed by atoms with Crippen molar-refractivity contribution < 1.29 is 39.4 Å². The maximum atomic E-state index is 14.6. The van der Waals surface area contributed by atoms with Crippen LogP contribution >= 0.6 is 0 Å². The Kier molecular flexibility index (Phi) is 8.88. The van der Waals surface area contributed by atoms with Crippen LogP contribution < -0.4 is 0 Å². The molecule has 3 unspecified atom stereocenters. The van der Waals surface area contributed by atoms with Crippen molar-refractivity contribution in [2.45, 2.75) is 126 Å². The average molecular weight is 725 g/mol. The second-order valence-electron chi connectivity index (χ2n) is 18.4. The fourth-order valence-corrected chi connectivity index (χ4v) is 14.0. The summed E-state index contributed by atoms with van der Waals surface area (Å²) >= 11 is 0. The van der Waals surface area contributed by atoms with Crippen LogP contribution in [0.3, 0.4) is 0 Å². The van der Waals surface area contributed by atoms with E-state index in [1.165, 1.54) is 0 Å².